The molecule has 3 heterocycles. The van der Waals surface area contributed by atoms with Gasteiger partial charge in [-0.1, -0.05) is 11.6 Å². The molecule has 0 fully saturated rings. The second-order valence-electron chi connectivity index (χ2n) is 6.25. The zero-order valence-electron chi connectivity index (χ0n) is 14.2. The lowest BCUT2D eigenvalue weighted by molar-refractivity contribution is -0.117. The van der Waals surface area contributed by atoms with Crippen LogP contribution in [-0.4, -0.2) is 38.7 Å². The molecule has 1 aliphatic heterocycles. The van der Waals surface area contributed by atoms with Gasteiger partial charge in [0.25, 0.3) is 0 Å². The number of benzene rings is 1. The first kappa shape index (κ1) is 17.2. The van der Waals surface area contributed by atoms with Crippen LogP contribution in [0.3, 0.4) is 0 Å². The number of aromatic nitrogens is 3. The van der Waals surface area contributed by atoms with E-state index >= 15 is 0 Å². The maximum Gasteiger partial charge on any atom is 0.238 e. The summed E-state index contributed by atoms with van der Waals surface area (Å²) in [6.07, 6.45) is 4.03. The predicted molar refractivity (Wildman–Crippen MR) is 103 cm³/mol. The van der Waals surface area contributed by atoms with Crippen molar-refractivity contribution in [2.24, 2.45) is 0 Å². The van der Waals surface area contributed by atoms with E-state index in [-0.39, 0.29) is 11.9 Å². The number of amides is 1. The molecule has 4 rings (SSSR count). The van der Waals surface area contributed by atoms with Crippen LogP contribution in [0, 0.1) is 0 Å². The first-order chi connectivity index (χ1) is 12.6. The van der Waals surface area contributed by atoms with Gasteiger partial charge in [0.2, 0.25) is 5.91 Å². The molecule has 6 nitrogen and oxygen atoms in total. The number of rotatable bonds is 4. The molecular weight excluding hydrogens is 370 g/mol. The number of hydrogen-bond donors (Lipinski definition) is 1. The zero-order chi connectivity index (χ0) is 18.1. The number of anilines is 1. The van der Waals surface area contributed by atoms with Gasteiger partial charge in [-0.2, -0.15) is 5.10 Å². The molecule has 2 aromatic heterocycles. The number of halogens is 1. The Bertz CT molecular complexity index is 924. The number of fused-ring (bicyclic) bond motifs is 1. The Morgan fingerprint density at radius 3 is 3.12 bits per heavy atom. The molecule has 26 heavy (non-hydrogen) atoms. The van der Waals surface area contributed by atoms with E-state index in [1.165, 1.54) is 16.8 Å². The van der Waals surface area contributed by atoms with E-state index in [0.29, 0.717) is 17.3 Å². The number of thiophene rings is 1. The molecule has 1 aromatic carbocycles. The molecular formula is C18H18ClN5OS. The predicted octanol–water partition coefficient (Wildman–Crippen LogP) is 3.54. The van der Waals surface area contributed by atoms with Gasteiger partial charge < -0.3 is 5.32 Å². The van der Waals surface area contributed by atoms with Crippen molar-refractivity contribution in [3.05, 3.63) is 57.8 Å². The molecule has 3 aromatic rings. The van der Waals surface area contributed by atoms with Crippen LogP contribution in [-0.2, 0) is 11.2 Å². The van der Waals surface area contributed by atoms with Gasteiger partial charge in [-0.05, 0) is 48.6 Å². The molecule has 0 saturated heterocycles. The highest BCUT2D eigenvalue weighted by atomic mass is 35.5. The van der Waals surface area contributed by atoms with Gasteiger partial charge in [0.1, 0.15) is 12.7 Å². The maximum absolute atomic E-state index is 12.7. The number of hydrogen-bond acceptors (Lipinski definition) is 5. The molecule has 1 amide bonds. The summed E-state index contributed by atoms with van der Waals surface area (Å²) in [5.74, 6) is -0.0702. The number of carbonyl (C=O) groups excluding carboxylic acids is 1. The molecule has 8 heteroatoms. The second-order valence-corrected chi connectivity index (χ2v) is 7.68. The van der Waals surface area contributed by atoms with Gasteiger partial charge in [-0.3, -0.25) is 9.69 Å². The van der Waals surface area contributed by atoms with Crippen molar-refractivity contribution < 1.29 is 4.79 Å². The highest BCUT2D eigenvalue weighted by Gasteiger charge is 2.26. The molecule has 0 aliphatic carbocycles. The summed E-state index contributed by atoms with van der Waals surface area (Å²) in [6, 6.07) is 7.71. The highest BCUT2D eigenvalue weighted by molar-refractivity contribution is 7.10. The van der Waals surface area contributed by atoms with Gasteiger partial charge in [-0.25, -0.2) is 9.67 Å². The third kappa shape index (κ3) is 3.38. The van der Waals surface area contributed by atoms with E-state index < -0.39 is 0 Å². The normalized spacial score (nSPS) is 17.1. The molecule has 1 aliphatic rings. The Labute approximate surface area is 160 Å². The second kappa shape index (κ2) is 7.19. The molecule has 0 radical (unpaired) electrons. The van der Waals surface area contributed by atoms with E-state index in [1.54, 1.807) is 34.5 Å². The van der Waals surface area contributed by atoms with E-state index in [2.05, 4.69) is 38.7 Å². The van der Waals surface area contributed by atoms with Crippen LogP contribution in [0.4, 0.5) is 5.69 Å². The zero-order valence-corrected chi connectivity index (χ0v) is 15.8. The largest absolute Gasteiger partial charge is 0.323 e. The fraction of sp³-hybridized carbons (Fsp3) is 0.278. The van der Waals surface area contributed by atoms with E-state index in [0.717, 1.165) is 18.7 Å². The minimum Gasteiger partial charge on any atom is -0.323 e. The molecule has 1 N–H and O–H groups in total. The summed E-state index contributed by atoms with van der Waals surface area (Å²) in [4.78, 5) is 20.3. The summed E-state index contributed by atoms with van der Waals surface area (Å²) < 4.78 is 1.60. The first-order valence-corrected chi connectivity index (χ1v) is 9.62. The SMILES string of the molecule is C[C@@H]1c2ccsc2CCN1CC(=O)Nc1cc(Cl)ccc1-n1cncn1. The Hall–Kier alpha value is -2.22. The third-order valence-corrected chi connectivity index (χ3v) is 5.88. The number of nitrogens with one attached hydrogen (secondary N) is 1. The average molecular weight is 388 g/mol. The average Bonchev–Trinajstić information content (AvgIpc) is 3.29. The van der Waals surface area contributed by atoms with Crippen molar-refractivity contribution in [2.75, 3.05) is 18.4 Å². The van der Waals surface area contributed by atoms with Crippen molar-refractivity contribution in [1.29, 1.82) is 0 Å². The third-order valence-electron chi connectivity index (χ3n) is 4.65. The minimum absolute atomic E-state index is 0.0702. The van der Waals surface area contributed by atoms with Crippen LogP contribution in [0.15, 0.2) is 42.3 Å². The first-order valence-electron chi connectivity index (χ1n) is 8.36. The fourth-order valence-corrected chi connectivity index (χ4v) is 4.43. The van der Waals surface area contributed by atoms with Gasteiger partial charge in [0.05, 0.1) is 17.9 Å². The van der Waals surface area contributed by atoms with Crippen molar-refractivity contribution >= 4 is 34.5 Å². The van der Waals surface area contributed by atoms with Crippen LogP contribution >= 0.6 is 22.9 Å². The van der Waals surface area contributed by atoms with Crippen LogP contribution in [0.1, 0.15) is 23.4 Å². The fourth-order valence-electron chi connectivity index (χ4n) is 3.29. The van der Waals surface area contributed by atoms with Crippen molar-refractivity contribution in [2.45, 2.75) is 19.4 Å². The van der Waals surface area contributed by atoms with Crippen molar-refractivity contribution in [3.8, 4) is 5.69 Å². The van der Waals surface area contributed by atoms with Crippen LogP contribution in [0.5, 0.6) is 0 Å². The summed E-state index contributed by atoms with van der Waals surface area (Å²) in [7, 11) is 0. The topological polar surface area (TPSA) is 63.1 Å². The van der Waals surface area contributed by atoms with Gasteiger partial charge in [-0.15, -0.1) is 11.3 Å². The molecule has 0 bridgehead atoms. The Morgan fingerprint density at radius 2 is 2.31 bits per heavy atom. The molecule has 134 valence electrons. The van der Waals surface area contributed by atoms with Crippen molar-refractivity contribution in [3.63, 3.8) is 0 Å². The highest BCUT2D eigenvalue weighted by Crippen LogP contribution is 2.32. The molecule has 1 atom stereocenters. The van der Waals surface area contributed by atoms with Crippen molar-refractivity contribution in [1.82, 2.24) is 19.7 Å². The van der Waals surface area contributed by atoms with E-state index in [9.17, 15) is 4.79 Å². The monoisotopic (exact) mass is 387 g/mol. The lowest BCUT2D eigenvalue weighted by atomic mass is 10.0. The van der Waals surface area contributed by atoms with E-state index in [1.807, 2.05) is 6.07 Å². The molecule has 0 saturated carbocycles. The van der Waals surface area contributed by atoms with Crippen LogP contribution in [0.25, 0.3) is 5.69 Å². The standard InChI is InChI=1S/C18H18ClN5OS/c1-12-14-5-7-26-17(14)4-6-23(12)9-18(25)22-15-8-13(19)2-3-16(15)24-11-20-10-21-24/h2-3,5,7-8,10-12H,4,6,9H2,1H3,(H,22,25)/t12-/m1/s1. The molecule has 0 spiro atoms. The van der Waals surface area contributed by atoms with Gasteiger partial charge in [0, 0.05) is 22.5 Å². The van der Waals surface area contributed by atoms with Gasteiger partial charge in [0.15, 0.2) is 0 Å². The summed E-state index contributed by atoms with van der Waals surface area (Å²) in [5, 5.41) is 9.79. The van der Waals surface area contributed by atoms with Crippen LogP contribution < -0.4 is 5.32 Å². The Balaban J connectivity index is 1.50. The summed E-state index contributed by atoms with van der Waals surface area (Å²) in [5.41, 5.74) is 2.68. The lowest BCUT2D eigenvalue weighted by Gasteiger charge is -2.33. The van der Waals surface area contributed by atoms with Crippen LogP contribution in [0.2, 0.25) is 5.02 Å². The smallest absolute Gasteiger partial charge is 0.238 e. The van der Waals surface area contributed by atoms with Gasteiger partial charge >= 0.3 is 0 Å². The van der Waals surface area contributed by atoms with E-state index in [4.69, 9.17) is 11.6 Å². The molecule has 0 unspecified atom stereocenters. The number of nitrogens with zero attached hydrogens (tertiary/aromatic N) is 4. The minimum atomic E-state index is -0.0702. The number of carbonyl (C=O) groups is 1. The maximum atomic E-state index is 12.7. The summed E-state index contributed by atoms with van der Waals surface area (Å²) >= 11 is 7.91. The quantitative estimate of drug-likeness (QED) is 0.743. The Kier molecular flexibility index (Phi) is 4.76. The Morgan fingerprint density at radius 1 is 1.42 bits per heavy atom. The lowest BCUT2D eigenvalue weighted by Crippen LogP contribution is -2.39. The summed E-state index contributed by atoms with van der Waals surface area (Å²) in [6.45, 7) is 3.37.